The number of hydrogen-bond donors (Lipinski definition) is 3. The summed E-state index contributed by atoms with van der Waals surface area (Å²) in [5.41, 5.74) is 5.88. The molecule has 1 amide bonds. The van der Waals surface area contributed by atoms with E-state index in [0.717, 1.165) is 60.2 Å². The van der Waals surface area contributed by atoms with E-state index in [4.69, 9.17) is 14.5 Å². The van der Waals surface area contributed by atoms with Gasteiger partial charge in [0.25, 0.3) is 0 Å². The molecule has 2 aromatic heterocycles. The molecule has 2 fully saturated rings. The number of phenols is 3. The zero-order valence-corrected chi connectivity index (χ0v) is 40.7. The Morgan fingerprint density at radius 1 is 0.929 bits per heavy atom. The van der Waals surface area contributed by atoms with Crippen molar-refractivity contribution in [1.82, 2.24) is 34.4 Å². The molecule has 3 N–H and O–H groups in total. The van der Waals surface area contributed by atoms with Gasteiger partial charge < -0.3 is 34.6 Å². The summed E-state index contributed by atoms with van der Waals surface area (Å²) in [7, 11) is 1.91. The van der Waals surface area contributed by atoms with Gasteiger partial charge in [-0.3, -0.25) is 23.9 Å². The van der Waals surface area contributed by atoms with E-state index >= 15 is 0 Å². The molecular weight excluding hydrogens is 891 g/mol. The highest BCUT2D eigenvalue weighted by molar-refractivity contribution is 5.96. The molecule has 366 valence electrons. The van der Waals surface area contributed by atoms with Crippen molar-refractivity contribution in [2.24, 2.45) is 11.8 Å². The molecule has 0 spiro atoms. The second kappa shape index (κ2) is 19.4. The molecule has 4 aliphatic heterocycles. The highest BCUT2D eigenvalue weighted by Gasteiger charge is 2.51. The summed E-state index contributed by atoms with van der Waals surface area (Å²) >= 11 is 0. The van der Waals surface area contributed by atoms with E-state index in [1.165, 1.54) is 6.07 Å². The number of nitrogens with zero attached hydrogens (tertiary/aromatic N) is 7. The van der Waals surface area contributed by atoms with Crippen LogP contribution < -0.4 is 0 Å². The van der Waals surface area contributed by atoms with Crippen LogP contribution >= 0.6 is 0 Å². The van der Waals surface area contributed by atoms with Crippen molar-refractivity contribution in [3.05, 3.63) is 106 Å². The number of piperidine rings is 2. The van der Waals surface area contributed by atoms with Gasteiger partial charge in [-0.15, -0.1) is 10.2 Å². The van der Waals surface area contributed by atoms with E-state index in [9.17, 15) is 34.5 Å². The highest BCUT2D eigenvalue weighted by atomic mass is 16.6. The Kier molecular flexibility index (Phi) is 13.3. The topological polar surface area (TPSA) is 201 Å². The molecule has 16 heteroatoms. The number of pyridine rings is 1. The van der Waals surface area contributed by atoms with Crippen molar-refractivity contribution in [3.63, 3.8) is 0 Å². The minimum Gasteiger partial charge on any atom is -0.508 e. The van der Waals surface area contributed by atoms with Gasteiger partial charge in [-0.2, -0.15) is 0 Å². The lowest BCUT2D eigenvalue weighted by Gasteiger charge is -2.39. The van der Waals surface area contributed by atoms with Gasteiger partial charge in [0, 0.05) is 73.0 Å². The van der Waals surface area contributed by atoms with E-state index < -0.39 is 23.5 Å². The van der Waals surface area contributed by atoms with Crippen molar-refractivity contribution < 1.29 is 44.0 Å². The van der Waals surface area contributed by atoms with Crippen LogP contribution in [0.4, 0.5) is 0 Å². The number of aldehydes is 1. The summed E-state index contributed by atoms with van der Waals surface area (Å²) in [5.74, 6) is -0.611. The number of phenolic OH excluding ortho intramolecular Hbond substituents is 3. The largest absolute Gasteiger partial charge is 0.508 e. The summed E-state index contributed by atoms with van der Waals surface area (Å²) < 4.78 is 13.7. The first-order valence-corrected chi connectivity index (χ1v) is 24.4. The Labute approximate surface area is 407 Å². The number of aryl methyl sites for hydroxylation is 2. The van der Waals surface area contributed by atoms with Crippen LogP contribution in [0, 0.1) is 18.8 Å². The quantitative estimate of drug-likeness (QED) is 0.0833. The molecule has 4 aliphatic rings. The molecule has 1 atom stereocenters. The Morgan fingerprint density at radius 2 is 1.64 bits per heavy atom. The predicted molar refractivity (Wildman–Crippen MR) is 262 cm³/mol. The fraction of sp³-hybridized carbons (Fsp3) is 0.426. The molecule has 6 heterocycles. The summed E-state index contributed by atoms with van der Waals surface area (Å²) in [6.07, 6.45) is 5.33. The summed E-state index contributed by atoms with van der Waals surface area (Å²) in [4.78, 5) is 65.7. The van der Waals surface area contributed by atoms with E-state index in [1.54, 1.807) is 37.3 Å². The van der Waals surface area contributed by atoms with Gasteiger partial charge >= 0.3 is 11.9 Å². The SMILES string of the molecule is CCc1c2c(nc3ccc(O)cc13)/C(=C/C1=C(C=O)COC(=O)C1(CC)OC(=O)C1CCN(C(=O)C3CCN(Cc4ccc(-n5c(C)nnc5-c5cc(C(C)C)c(O)cc5O)cc4)CC3)CC1)N(C)C2. The molecule has 16 nitrogen and oxygen atoms in total. The predicted octanol–water partition coefficient (Wildman–Crippen LogP) is 7.27. The lowest BCUT2D eigenvalue weighted by molar-refractivity contribution is -0.183. The standard InChI is InChI=1S/C54H61N7O9/c1-7-39-41-23-38(63)13-14-45(41)55-49-43(39)28-58(6)46(49)25-44-36(29-62)30-69-53(68)54(44,8-2)70-52(67)35-17-21-60(22-18-35)51(66)34-15-19-59(20-16-34)27-33-9-11-37(12-10-33)61-32(5)56-57-50(61)42-24-40(31(3)4)47(64)26-48(42)65/h9-14,23-26,29,31,34-35,63-65H,7-8,15-22,27-28,30H2,1-6H3/b46-25-. The van der Waals surface area contributed by atoms with Crippen LogP contribution in [0.3, 0.4) is 0 Å². The first-order valence-electron chi connectivity index (χ1n) is 24.4. The summed E-state index contributed by atoms with van der Waals surface area (Å²) in [5, 5.41) is 41.0. The van der Waals surface area contributed by atoms with Crippen molar-refractivity contribution >= 4 is 40.7 Å². The van der Waals surface area contributed by atoms with Crippen molar-refractivity contribution in [1.29, 1.82) is 0 Å². The Hall–Kier alpha value is -7.07. The number of carbonyl (C=O) groups is 4. The third-order valence-electron chi connectivity index (χ3n) is 14.8. The van der Waals surface area contributed by atoms with E-state index in [2.05, 4.69) is 34.2 Å². The lowest BCUT2D eigenvalue weighted by atomic mass is 9.84. The maximum Gasteiger partial charge on any atom is 0.355 e. The monoisotopic (exact) mass is 951 g/mol. The van der Waals surface area contributed by atoms with Crippen LogP contribution in [0.25, 0.3) is 33.7 Å². The molecule has 0 saturated carbocycles. The number of aromatic hydroxyl groups is 3. The van der Waals surface area contributed by atoms with Gasteiger partial charge in [0.2, 0.25) is 11.5 Å². The minimum absolute atomic E-state index is 0.0356. The fourth-order valence-electron chi connectivity index (χ4n) is 10.8. The van der Waals surface area contributed by atoms with Gasteiger partial charge in [-0.05, 0) is 124 Å². The molecule has 9 rings (SSSR count). The average molecular weight is 952 g/mol. The average Bonchev–Trinajstić information content (AvgIpc) is 3.89. The van der Waals surface area contributed by atoms with Crippen LogP contribution in [0.1, 0.15) is 99.5 Å². The van der Waals surface area contributed by atoms with Gasteiger partial charge in [0.15, 0.2) is 5.82 Å². The van der Waals surface area contributed by atoms with Gasteiger partial charge in [-0.1, -0.05) is 39.8 Å². The van der Waals surface area contributed by atoms with Crippen molar-refractivity contribution in [2.75, 3.05) is 39.8 Å². The maximum atomic E-state index is 14.1. The lowest BCUT2D eigenvalue weighted by Crippen LogP contribution is -2.51. The molecule has 3 aromatic carbocycles. The van der Waals surface area contributed by atoms with Crippen LogP contribution in [0.15, 0.2) is 71.8 Å². The first-order chi connectivity index (χ1) is 33.6. The second-order valence-electron chi connectivity index (χ2n) is 19.4. The molecule has 70 heavy (non-hydrogen) atoms. The minimum atomic E-state index is -1.86. The number of amides is 1. The van der Waals surface area contributed by atoms with E-state index in [0.29, 0.717) is 84.9 Å². The third kappa shape index (κ3) is 8.77. The number of esters is 2. The first kappa shape index (κ1) is 48.0. The summed E-state index contributed by atoms with van der Waals surface area (Å²) in [6.45, 7) is 12.9. The van der Waals surface area contributed by atoms with Gasteiger partial charge in [-0.25, -0.2) is 9.78 Å². The van der Waals surface area contributed by atoms with Gasteiger partial charge in [0.1, 0.15) is 36.0 Å². The Morgan fingerprint density at radius 3 is 2.31 bits per heavy atom. The number of cyclic esters (lactones) is 1. The zero-order valence-electron chi connectivity index (χ0n) is 40.7. The second-order valence-corrected chi connectivity index (χ2v) is 19.4. The molecule has 0 radical (unpaired) electrons. The molecule has 0 aliphatic carbocycles. The third-order valence-corrected chi connectivity index (χ3v) is 14.8. The van der Waals surface area contributed by atoms with E-state index in [-0.39, 0.29) is 59.2 Å². The maximum absolute atomic E-state index is 14.1. The van der Waals surface area contributed by atoms with Crippen LogP contribution in [-0.4, -0.2) is 119 Å². The zero-order chi connectivity index (χ0) is 49.6. The van der Waals surface area contributed by atoms with Crippen LogP contribution in [0.2, 0.25) is 0 Å². The molecule has 5 aromatic rings. The normalized spacial score (nSPS) is 19.9. The number of ether oxygens (including phenoxy) is 2. The molecular formula is C54H61N7O9. The Bertz CT molecular complexity index is 2940. The molecule has 0 bridgehead atoms. The van der Waals surface area contributed by atoms with Crippen molar-refractivity contribution in [3.8, 4) is 34.3 Å². The Balaban J connectivity index is 0.820. The molecule has 1 unspecified atom stereocenters. The molecule has 2 saturated heterocycles. The summed E-state index contributed by atoms with van der Waals surface area (Å²) in [6, 6.07) is 16.4. The highest BCUT2D eigenvalue weighted by Crippen LogP contribution is 2.43. The smallest absolute Gasteiger partial charge is 0.355 e. The number of aromatic nitrogens is 4. The van der Waals surface area contributed by atoms with Crippen LogP contribution in [-0.2, 0) is 48.2 Å². The number of hydrogen-bond acceptors (Lipinski definition) is 14. The number of carbonyl (C=O) groups excluding carboxylic acids is 4. The number of rotatable bonds is 12. The fourth-order valence-corrected chi connectivity index (χ4v) is 10.8. The van der Waals surface area contributed by atoms with E-state index in [1.807, 2.05) is 54.3 Å². The number of benzene rings is 3. The van der Waals surface area contributed by atoms with Crippen LogP contribution in [0.5, 0.6) is 17.2 Å². The van der Waals surface area contributed by atoms with Gasteiger partial charge in [0.05, 0.1) is 28.4 Å². The number of fused-ring (bicyclic) bond motifs is 2. The number of likely N-dealkylation sites (tertiary alicyclic amines) is 2. The van der Waals surface area contributed by atoms with Crippen molar-refractivity contribution in [2.45, 2.75) is 97.8 Å².